The topological polar surface area (TPSA) is 149 Å². The van der Waals surface area contributed by atoms with E-state index in [0.29, 0.717) is 5.69 Å². The van der Waals surface area contributed by atoms with Crippen LogP contribution in [0.4, 0.5) is 25.1 Å². The molecule has 2 aromatic rings. The molecule has 1 aromatic carbocycles. The van der Waals surface area contributed by atoms with E-state index >= 15 is 8.78 Å². The van der Waals surface area contributed by atoms with Crippen LogP contribution < -0.4 is 15.1 Å². The quantitative estimate of drug-likeness (QED) is 0.366. The number of carboxylic acid groups (broad SMARTS) is 1. The number of sulfonamides is 1. The summed E-state index contributed by atoms with van der Waals surface area (Å²) in [4.78, 5) is 43.5. The molecular weight excluding hydrogens is 672 g/mol. The predicted molar refractivity (Wildman–Crippen MR) is 174 cm³/mol. The molecule has 5 rings (SSSR count). The van der Waals surface area contributed by atoms with Crippen LogP contribution >= 0.6 is 11.6 Å². The highest BCUT2D eigenvalue weighted by Crippen LogP contribution is 2.46. The molecule has 0 radical (unpaired) electrons. The lowest BCUT2D eigenvalue weighted by atomic mass is 9.77. The average molecular weight is 712 g/mol. The number of hydrogen-bond donors (Lipinski definition) is 2. The number of pyridine rings is 1. The normalized spacial score (nSPS) is 22.9. The minimum absolute atomic E-state index is 0.0372. The van der Waals surface area contributed by atoms with Gasteiger partial charge in [0.15, 0.2) is 0 Å². The van der Waals surface area contributed by atoms with Crippen molar-refractivity contribution in [2.24, 2.45) is 11.8 Å². The van der Waals surface area contributed by atoms with Gasteiger partial charge in [-0.25, -0.2) is 27.0 Å². The molecule has 12 nitrogen and oxygen atoms in total. The zero-order valence-corrected chi connectivity index (χ0v) is 28.6. The van der Waals surface area contributed by atoms with E-state index in [-0.39, 0.29) is 92.2 Å². The van der Waals surface area contributed by atoms with Crippen molar-refractivity contribution in [3.8, 4) is 0 Å². The third kappa shape index (κ3) is 8.00. The SMILES string of the molecule is CC(C)(C)OC(=O)N[C@@H]1CC(=O)N(c2ccc(S(=O)(=O)N3CCN(c4cc(C(F)(F)[C@H]5CC[C@@H](C(=O)O)CC5)cc(Cl)n4)CC3)cc2)C1. The summed E-state index contributed by atoms with van der Waals surface area (Å²) in [5.41, 5.74) is -0.485. The van der Waals surface area contributed by atoms with Crippen LogP contribution in [0.15, 0.2) is 41.3 Å². The first kappa shape index (κ1) is 35.7. The summed E-state index contributed by atoms with van der Waals surface area (Å²) in [5, 5.41) is 11.8. The lowest BCUT2D eigenvalue weighted by Crippen LogP contribution is -2.49. The van der Waals surface area contributed by atoms with Gasteiger partial charge in [-0.05, 0) is 82.9 Å². The molecule has 3 aliphatic rings. The number of aliphatic carboxylic acids is 1. The Morgan fingerprint density at radius 3 is 2.23 bits per heavy atom. The van der Waals surface area contributed by atoms with Crippen LogP contribution in [-0.4, -0.2) is 85.1 Å². The maximum absolute atomic E-state index is 15.6. The smallest absolute Gasteiger partial charge is 0.407 e. The number of rotatable bonds is 8. The molecule has 2 aliphatic heterocycles. The van der Waals surface area contributed by atoms with Gasteiger partial charge in [0.25, 0.3) is 5.92 Å². The molecule has 3 heterocycles. The summed E-state index contributed by atoms with van der Waals surface area (Å²) in [6, 6.07) is 7.90. The van der Waals surface area contributed by atoms with Crippen molar-refractivity contribution >= 4 is 51.1 Å². The number of alkyl halides is 2. The van der Waals surface area contributed by atoms with E-state index in [1.165, 1.54) is 27.4 Å². The van der Waals surface area contributed by atoms with Crippen molar-refractivity contribution in [2.45, 2.75) is 75.3 Å². The first-order valence-electron chi connectivity index (χ1n) is 15.9. The van der Waals surface area contributed by atoms with Crippen LogP contribution in [0.25, 0.3) is 0 Å². The van der Waals surface area contributed by atoms with Gasteiger partial charge in [-0.2, -0.15) is 4.31 Å². The minimum Gasteiger partial charge on any atom is -0.481 e. The van der Waals surface area contributed by atoms with E-state index in [1.807, 2.05) is 0 Å². The van der Waals surface area contributed by atoms with Gasteiger partial charge in [0.2, 0.25) is 15.9 Å². The lowest BCUT2D eigenvalue weighted by molar-refractivity contribution is -0.145. The van der Waals surface area contributed by atoms with Crippen LogP contribution in [0.1, 0.15) is 58.4 Å². The van der Waals surface area contributed by atoms with Gasteiger partial charge in [0, 0.05) is 56.3 Å². The van der Waals surface area contributed by atoms with Gasteiger partial charge in [-0.15, -0.1) is 0 Å². The molecule has 0 unspecified atom stereocenters. The molecule has 1 saturated carbocycles. The first-order chi connectivity index (χ1) is 22.4. The predicted octanol–water partition coefficient (Wildman–Crippen LogP) is 4.86. The van der Waals surface area contributed by atoms with Gasteiger partial charge in [0.05, 0.1) is 16.9 Å². The van der Waals surface area contributed by atoms with Crippen molar-refractivity contribution < 1.29 is 41.4 Å². The van der Waals surface area contributed by atoms with E-state index in [9.17, 15) is 27.9 Å². The summed E-state index contributed by atoms with van der Waals surface area (Å²) in [6.07, 6.45) is -0.00834. The second kappa shape index (κ2) is 13.7. The number of hydrogen-bond acceptors (Lipinski definition) is 8. The van der Waals surface area contributed by atoms with Crippen molar-refractivity contribution in [3.63, 3.8) is 0 Å². The van der Waals surface area contributed by atoms with E-state index in [1.54, 1.807) is 37.8 Å². The van der Waals surface area contributed by atoms with Crippen molar-refractivity contribution in [1.29, 1.82) is 0 Å². The molecule has 16 heteroatoms. The van der Waals surface area contributed by atoms with Crippen molar-refractivity contribution in [2.75, 3.05) is 42.5 Å². The maximum atomic E-state index is 15.6. The molecule has 2 amide bonds. The molecule has 2 saturated heterocycles. The zero-order valence-electron chi connectivity index (χ0n) is 27.0. The Hall–Kier alpha value is -3.56. The molecule has 0 spiro atoms. The number of carbonyl (C=O) groups excluding carboxylic acids is 2. The fourth-order valence-corrected chi connectivity index (χ4v) is 8.04. The molecule has 3 fully saturated rings. The number of halogens is 3. The van der Waals surface area contributed by atoms with Gasteiger partial charge in [-0.1, -0.05) is 11.6 Å². The van der Waals surface area contributed by atoms with Crippen LogP contribution in [-0.2, 0) is 30.3 Å². The van der Waals surface area contributed by atoms with Crippen molar-refractivity contribution in [3.05, 3.63) is 47.1 Å². The Kier molecular flexibility index (Phi) is 10.2. The number of carboxylic acids is 1. The third-order valence-corrected chi connectivity index (χ3v) is 11.1. The second-order valence-electron chi connectivity index (χ2n) is 13.5. The van der Waals surface area contributed by atoms with Crippen LogP contribution in [0.5, 0.6) is 0 Å². The van der Waals surface area contributed by atoms with Gasteiger partial charge < -0.3 is 25.0 Å². The van der Waals surface area contributed by atoms with E-state index in [0.717, 1.165) is 6.07 Å². The highest BCUT2D eigenvalue weighted by Gasteiger charge is 2.44. The fraction of sp³-hybridized carbons (Fsp3) is 0.562. The van der Waals surface area contributed by atoms with Gasteiger partial charge in [0.1, 0.15) is 16.6 Å². The highest BCUT2D eigenvalue weighted by molar-refractivity contribution is 7.89. The molecule has 48 heavy (non-hydrogen) atoms. The van der Waals surface area contributed by atoms with Crippen molar-refractivity contribution in [1.82, 2.24) is 14.6 Å². The number of piperazine rings is 1. The van der Waals surface area contributed by atoms with E-state index < -0.39 is 51.5 Å². The summed E-state index contributed by atoms with van der Waals surface area (Å²) in [7, 11) is -3.91. The number of nitrogens with one attached hydrogen (secondary N) is 1. The first-order valence-corrected chi connectivity index (χ1v) is 17.7. The standard InChI is InChI=1S/C32H40ClF2N5O7S/c1-31(2,3)47-30(44)36-23-18-28(41)40(19-23)24-8-10-25(11-9-24)48(45,46)39-14-12-38(13-15-39)27-17-22(16-26(33)37-27)32(34,35)21-6-4-20(5-7-21)29(42)43/h8-11,16-17,20-21,23H,4-7,12-15,18-19H2,1-3H3,(H,36,44)(H,42,43)/t20-,21+,23-/m1/s1. The molecular formula is C32H40ClF2N5O7S. The Bertz CT molecular complexity index is 1640. The Balaban J connectivity index is 1.20. The summed E-state index contributed by atoms with van der Waals surface area (Å²) >= 11 is 6.18. The van der Waals surface area contributed by atoms with E-state index in [2.05, 4.69) is 10.3 Å². The third-order valence-electron chi connectivity index (χ3n) is 8.95. The number of carbonyl (C=O) groups is 3. The second-order valence-corrected chi connectivity index (χ2v) is 15.8. The Morgan fingerprint density at radius 2 is 1.65 bits per heavy atom. The number of benzene rings is 1. The molecule has 262 valence electrons. The number of nitrogens with zero attached hydrogens (tertiary/aromatic N) is 4. The minimum atomic E-state index is -3.91. The van der Waals surface area contributed by atoms with Crippen LogP contribution in [0.2, 0.25) is 5.15 Å². The molecule has 1 aromatic heterocycles. The summed E-state index contributed by atoms with van der Waals surface area (Å²) < 4.78 is 64.7. The largest absolute Gasteiger partial charge is 0.481 e. The number of anilines is 2. The summed E-state index contributed by atoms with van der Waals surface area (Å²) in [5.74, 6) is -5.84. The molecule has 2 N–H and O–H groups in total. The fourth-order valence-electron chi connectivity index (χ4n) is 6.41. The van der Waals surface area contributed by atoms with Gasteiger partial charge in [-0.3, -0.25) is 9.59 Å². The van der Waals surface area contributed by atoms with Gasteiger partial charge >= 0.3 is 12.1 Å². The monoisotopic (exact) mass is 711 g/mol. The molecule has 1 atom stereocenters. The van der Waals surface area contributed by atoms with Crippen LogP contribution in [0, 0.1) is 11.8 Å². The van der Waals surface area contributed by atoms with Crippen LogP contribution in [0.3, 0.4) is 0 Å². The number of ether oxygens (including phenoxy) is 1. The summed E-state index contributed by atoms with van der Waals surface area (Å²) in [6.45, 7) is 5.96. The molecule has 1 aliphatic carbocycles. The lowest BCUT2D eigenvalue weighted by Gasteiger charge is -2.36. The highest BCUT2D eigenvalue weighted by atomic mass is 35.5. The zero-order chi connectivity index (χ0) is 35.0. The Morgan fingerprint density at radius 1 is 1.02 bits per heavy atom. The molecule has 0 bridgehead atoms. The average Bonchev–Trinajstić information content (AvgIpc) is 3.39. The number of amides is 2. The Labute approximate surface area is 283 Å². The maximum Gasteiger partial charge on any atom is 0.407 e. The number of aromatic nitrogens is 1. The van der Waals surface area contributed by atoms with E-state index in [4.69, 9.17) is 16.3 Å². The number of alkyl carbamates (subject to hydrolysis) is 1.